The van der Waals surface area contributed by atoms with Gasteiger partial charge in [-0.1, -0.05) is 65.2 Å². The smallest absolute Gasteiger partial charge is 0.0681 e. The molecule has 20 heavy (non-hydrogen) atoms. The standard InChI is InChI=1S/C16H36N2O2/c1-3-5-7-9-11-15(19)13-18(17)14-16(20)12-10-8-6-4-2/h15-16,19-20H,3-14,17H2,1-2H3. The second-order valence-corrected chi connectivity index (χ2v) is 5.96. The monoisotopic (exact) mass is 288 g/mol. The molecule has 0 bridgehead atoms. The van der Waals surface area contributed by atoms with E-state index in [1.165, 1.54) is 38.5 Å². The number of nitrogens with zero attached hydrogens (tertiary/aromatic N) is 1. The van der Waals surface area contributed by atoms with Crippen LogP contribution < -0.4 is 5.84 Å². The molecule has 2 unspecified atom stereocenters. The molecule has 0 rings (SSSR count). The van der Waals surface area contributed by atoms with Gasteiger partial charge in [0, 0.05) is 13.1 Å². The first kappa shape index (κ1) is 19.8. The van der Waals surface area contributed by atoms with Gasteiger partial charge in [-0.25, -0.2) is 5.01 Å². The van der Waals surface area contributed by atoms with Crippen LogP contribution in [-0.2, 0) is 0 Å². The summed E-state index contributed by atoms with van der Waals surface area (Å²) in [6.07, 6.45) is 10.2. The van der Waals surface area contributed by atoms with Crippen molar-refractivity contribution in [2.24, 2.45) is 5.84 Å². The summed E-state index contributed by atoms with van der Waals surface area (Å²) in [4.78, 5) is 0. The van der Waals surface area contributed by atoms with Crippen molar-refractivity contribution >= 4 is 0 Å². The van der Waals surface area contributed by atoms with E-state index in [1.807, 2.05) is 0 Å². The van der Waals surface area contributed by atoms with E-state index >= 15 is 0 Å². The highest BCUT2D eigenvalue weighted by Crippen LogP contribution is 2.08. The first-order chi connectivity index (χ1) is 9.60. The van der Waals surface area contributed by atoms with Gasteiger partial charge in [-0.3, -0.25) is 5.84 Å². The number of nitrogens with two attached hydrogens (primary N) is 1. The molecule has 0 saturated carbocycles. The fraction of sp³-hybridized carbons (Fsp3) is 1.00. The second kappa shape index (κ2) is 13.8. The molecule has 0 fully saturated rings. The molecule has 0 amide bonds. The largest absolute Gasteiger partial charge is 0.392 e. The van der Waals surface area contributed by atoms with Crippen LogP contribution in [0.2, 0.25) is 0 Å². The highest BCUT2D eigenvalue weighted by Gasteiger charge is 2.12. The zero-order chi connectivity index (χ0) is 15.2. The Morgan fingerprint density at radius 1 is 0.750 bits per heavy atom. The van der Waals surface area contributed by atoms with Crippen molar-refractivity contribution in [2.75, 3.05) is 13.1 Å². The fourth-order valence-corrected chi connectivity index (χ4v) is 2.41. The van der Waals surface area contributed by atoms with Crippen LogP contribution >= 0.6 is 0 Å². The maximum absolute atomic E-state index is 9.87. The molecule has 0 aliphatic carbocycles. The van der Waals surface area contributed by atoms with Crippen LogP contribution in [0.1, 0.15) is 78.1 Å². The minimum absolute atomic E-state index is 0.371. The van der Waals surface area contributed by atoms with Crippen LogP contribution in [0.5, 0.6) is 0 Å². The Morgan fingerprint density at radius 3 is 1.50 bits per heavy atom. The minimum atomic E-state index is -0.371. The summed E-state index contributed by atoms with van der Waals surface area (Å²) in [5, 5.41) is 21.3. The molecular weight excluding hydrogens is 252 g/mol. The van der Waals surface area contributed by atoms with Gasteiger partial charge >= 0.3 is 0 Å². The van der Waals surface area contributed by atoms with E-state index < -0.39 is 0 Å². The first-order valence-corrected chi connectivity index (χ1v) is 8.45. The van der Waals surface area contributed by atoms with E-state index in [0.29, 0.717) is 13.1 Å². The first-order valence-electron chi connectivity index (χ1n) is 8.45. The summed E-state index contributed by atoms with van der Waals surface area (Å²) < 4.78 is 0. The summed E-state index contributed by atoms with van der Waals surface area (Å²) in [6.45, 7) is 5.27. The fourth-order valence-electron chi connectivity index (χ4n) is 2.41. The minimum Gasteiger partial charge on any atom is -0.392 e. The lowest BCUT2D eigenvalue weighted by atomic mass is 10.1. The van der Waals surface area contributed by atoms with Gasteiger partial charge in [0.2, 0.25) is 0 Å². The van der Waals surface area contributed by atoms with Crippen molar-refractivity contribution in [2.45, 2.75) is 90.3 Å². The zero-order valence-corrected chi connectivity index (χ0v) is 13.6. The lowest BCUT2D eigenvalue weighted by Gasteiger charge is -2.22. The van der Waals surface area contributed by atoms with Gasteiger partial charge in [-0.2, -0.15) is 0 Å². The predicted molar refractivity (Wildman–Crippen MR) is 85.3 cm³/mol. The van der Waals surface area contributed by atoms with Crippen LogP contribution in [0.15, 0.2) is 0 Å². The quantitative estimate of drug-likeness (QED) is 0.261. The Bertz CT molecular complexity index is 183. The number of rotatable bonds is 14. The van der Waals surface area contributed by atoms with Crippen molar-refractivity contribution in [3.63, 3.8) is 0 Å². The number of hydrazine groups is 1. The third-order valence-corrected chi connectivity index (χ3v) is 3.67. The Balaban J connectivity index is 3.56. The number of unbranched alkanes of at least 4 members (excludes halogenated alkanes) is 6. The van der Waals surface area contributed by atoms with Gasteiger partial charge in [0.1, 0.15) is 0 Å². The molecule has 122 valence electrons. The number of aliphatic hydroxyl groups excluding tert-OH is 2. The lowest BCUT2D eigenvalue weighted by Crippen LogP contribution is -2.42. The van der Waals surface area contributed by atoms with E-state index in [0.717, 1.165) is 25.7 Å². The molecular formula is C16H36N2O2. The maximum atomic E-state index is 9.87. The summed E-state index contributed by atoms with van der Waals surface area (Å²) in [7, 11) is 0. The van der Waals surface area contributed by atoms with Gasteiger partial charge in [0.25, 0.3) is 0 Å². The van der Waals surface area contributed by atoms with E-state index in [1.54, 1.807) is 5.01 Å². The highest BCUT2D eigenvalue weighted by atomic mass is 16.3. The van der Waals surface area contributed by atoms with Gasteiger partial charge < -0.3 is 10.2 Å². The van der Waals surface area contributed by atoms with Crippen LogP contribution in [0.4, 0.5) is 0 Å². The summed E-state index contributed by atoms with van der Waals surface area (Å²) in [5.74, 6) is 5.85. The van der Waals surface area contributed by atoms with Crippen LogP contribution in [0.25, 0.3) is 0 Å². The molecule has 0 radical (unpaired) electrons. The third kappa shape index (κ3) is 12.9. The molecule has 0 aromatic carbocycles. The van der Waals surface area contributed by atoms with Crippen molar-refractivity contribution in [1.29, 1.82) is 0 Å². The number of hydrogen-bond donors (Lipinski definition) is 3. The van der Waals surface area contributed by atoms with Gasteiger partial charge in [-0.05, 0) is 12.8 Å². The number of hydrogen-bond acceptors (Lipinski definition) is 4. The van der Waals surface area contributed by atoms with Gasteiger partial charge in [0.15, 0.2) is 0 Å². The molecule has 4 N–H and O–H groups in total. The van der Waals surface area contributed by atoms with E-state index in [-0.39, 0.29) is 12.2 Å². The number of aliphatic hydroxyl groups is 2. The average Bonchev–Trinajstić information content (AvgIpc) is 2.39. The topological polar surface area (TPSA) is 69.7 Å². The van der Waals surface area contributed by atoms with Crippen molar-refractivity contribution in [3.8, 4) is 0 Å². The van der Waals surface area contributed by atoms with Crippen molar-refractivity contribution in [1.82, 2.24) is 5.01 Å². The molecule has 4 nitrogen and oxygen atoms in total. The molecule has 0 aliphatic heterocycles. The summed E-state index contributed by atoms with van der Waals surface area (Å²) >= 11 is 0. The van der Waals surface area contributed by atoms with E-state index in [9.17, 15) is 10.2 Å². The Labute approximate surface area is 125 Å². The lowest BCUT2D eigenvalue weighted by molar-refractivity contribution is 0.0607. The zero-order valence-electron chi connectivity index (χ0n) is 13.6. The second-order valence-electron chi connectivity index (χ2n) is 5.96. The van der Waals surface area contributed by atoms with Crippen LogP contribution in [0, 0.1) is 0 Å². The summed E-state index contributed by atoms with van der Waals surface area (Å²) in [6, 6.07) is 0. The van der Waals surface area contributed by atoms with E-state index in [4.69, 9.17) is 5.84 Å². The average molecular weight is 288 g/mol. The summed E-state index contributed by atoms with van der Waals surface area (Å²) in [5.41, 5.74) is 0. The molecule has 0 aromatic rings. The molecule has 2 atom stereocenters. The maximum Gasteiger partial charge on any atom is 0.0681 e. The molecule has 0 saturated heterocycles. The highest BCUT2D eigenvalue weighted by molar-refractivity contribution is 4.65. The Morgan fingerprint density at radius 2 is 1.15 bits per heavy atom. The SMILES string of the molecule is CCCCCCC(O)CN(N)CC(O)CCCCCC. The molecule has 0 aromatic heterocycles. The molecule has 0 aliphatic rings. The predicted octanol–water partition coefficient (Wildman–Crippen LogP) is 2.82. The van der Waals surface area contributed by atoms with Gasteiger partial charge in [0.05, 0.1) is 12.2 Å². The molecule has 0 spiro atoms. The van der Waals surface area contributed by atoms with Crippen LogP contribution in [0.3, 0.4) is 0 Å². The molecule has 0 heterocycles. The third-order valence-electron chi connectivity index (χ3n) is 3.67. The molecule has 4 heteroatoms. The Hall–Kier alpha value is -0.160. The van der Waals surface area contributed by atoms with Crippen LogP contribution in [-0.4, -0.2) is 40.5 Å². The van der Waals surface area contributed by atoms with Gasteiger partial charge in [-0.15, -0.1) is 0 Å². The normalized spacial score (nSPS) is 14.7. The van der Waals surface area contributed by atoms with E-state index in [2.05, 4.69) is 13.8 Å². The van der Waals surface area contributed by atoms with Crippen molar-refractivity contribution < 1.29 is 10.2 Å². The van der Waals surface area contributed by atoms with Crippen molar-refractivity contribution in [3.05, 3.63) is 0 Å². The Kier molecular flexibility index (Phi) is 13.7.